The Labute approximate surface area is 104 Å². The Bertz CT molecular complexity index is 586. The van der Waals surface area contributed by atoms with E-state index >= 15 is 0 Å². The Balaban J connectivity index is 2.15. The van der Waals surface area contributed by atoms with Gasteiger partial charge in [0, 0.05) is 14.1 Å². The molecule has 2 aromatic rings. The minimum absolute atomic E-state index is 0.222. The zero-order valence-electron chi connectivity index (χ0n) is 9.54. The first-order valence-electron chi connectivity index (χ1n) is 5.00. The van der Waals surface area contributed by atoms with Crippen LogP contribution in [0.5, 0.6) is 0 Å². The highest BCUT2D eigenvalue weighted by molar-refractivity contribution is 7.87. The predicted molar refractivity (Wildman–Crippen MR) is 69.1 cm³/mol. The van der Waals surface area contributed by atoms with Crippen LogP contribution in [0.1, 0.15) is 5.01 Å². The lowest BCUT2D eigenvalue weighted by atomic mass is 10.3. The molecule has 5 nitrogen and oxygen atoms in total. The zero-order chi connectivity index (χ0) is 12.5. The van der Waals surface area contributed by atoms with Gasteiger partial charge in [-0.2, -0.15) is 17.4 Å². The minimum atomic E-state index is -3.38. The van der Waals surface area contributed by atoms with E-state index in [0.29, 0.717) is 0 Å². The molecule has 1 aromatic heterocycles. The van der Waals surface area contributed by atoms with E-state index in [1.54, 1.807) is 0 Å². The summed E-state index contributed by atoms with van der Waals surface area (Å²) in [6.07, 6.45) is 0. The van der Waals surface area contributed by atoms with E-state index in [1.165, 1.54) is 25.4 Å². The van der Waals surface area contributed by atoms with E-state index < -0.39 is 10.2 Å². The Hall–Kier alpha value is -1.02. The number of benzene rings is 1. The maximum Gasteiger partial charge on any atom is 0.279 e. The largest absolute Gasteiger partial charge is 0.279 e. The highest BCUT2D eigenvalue weighted by Crippen LogP contribution is 2.21. The van der Waals surface area contributed by atoms with Crippen molar-refractivity contribution in [1.82, 2.24) is 14.0 Å². The number of rotatable bonds is 4. The topological polar surface area (TPSA) is 62.3 Å². The van der Waals surface area contributed by atoms with E-state index in [4.69, 9.17) is 0 Å². The van der Waals surface area contributed by atoms with Crippen molar-refractivity contribution in [3.8, 4) is 0 Å². The molecule has 0 aliphatic heterocycles. The molecule has 17 heavy (non-hydrogen) atoms. The molecule has 1 aromatic carbocycles. The van der Waals surface area contributed by atoms with Crippen LogP contribution in [0.3, 0.4) is 0 Å². The molecule has 0 saturated carbocycles. The molecule has 0 radical (unpaired) electrons. The van der Waals surface area contributed by atoms with Gasteiger partial charge in [0.1, 0.15) is 5.01 Å². The smallest absolute Gasteiger partial charge is 0.240 e. The summed E-state index contributed by atoms with van der Waals surface area (Å²) in [7, 11) is -0.410. The number of fused-ring (bicyclic) bond motifs is 1. The molecule has 0 bridgehead atoms. The van der Waals surface area contributed by atoms with Crippen LogP contribution in [0.15, 0.2) is 24.3 Å². The molecule has 0 fully saturated rings. The Morgan fingerprint density at radius 2 is 2.06 bits per heavy atom. The number of thiazole rings is 1. The molecule has 0 aliphatic rings. The van der Waals surface area contributed by atoms with Gasteiger partial charge in [0.15, 0.2) is 0 Å². The molecular weight excluding hydrogens is 258 g/mol. The van der Waals surface area contributed by atoms with Gasteiger partial charge in [0.05, 0.1) is 16.8 Å². The van der Waals surface area contributed by atoms with Crippen molar-refractivity contribution in [2.24, 2.45) is 0 Å². The van der Waals surface area contributed by atoms with E-state index in [1.807, 2.05) is 24.3 Å². The summed E-state index contributed by atoms with van der Waals surface area (Å²) >= 11 is 1.49. The molecule has 0 saturated heterocycles. The Kier molecular flexibility index (Phi) is 3.43. The summed E-state index contributed by atoms with van der Waals surface area (Å²) in [6.45, 7) is 0.222. The monoisotopic (exact) mass is 271 g/mol. The quantitative estimate of drug-likeness (QED) is 0.908. The van der Waals surface area contributed by atoms with Gasteiger partial charge in [-0.25, -0.2) is 4.98 Å². The van der Waals surface area contributed by atoms with Crippen LogP contribution < -0.4 is 4.72 Å². The average Bonchev–Trinajstić information content (AvgIpc) is 2.69. The minimum Gasteiger partial charge on any atom is -0.240 e. The second-order valence-corrected chi connectivity index (χ2v) is 6.77. The van der Waals surface area contributed by atoms with Crippen molar-refractivity contribution in [2.75, 3.05) is 14.1 Å². The van der Waals surface area contributed by atoms with Crippen molar-refractivity contribution in [3.05, 3.63) is 29.3 Å². The first-order chi connectivity index (χ1) is 7.99. The van der Waals surface area contributed by atoms with Crippen LogP contribution in [0.4, 0.5) is 0 Å². The van der Waals surface area contributed by atoms with E-state index in [0.717, 1.165) is 19.5 Å². The molecule has 0 spiro atoms. The second kappa shape index (κ2) is 4.69. The fourth-order valence-electron chi connectivity index (χ4n) is 1.28. The van der Waals surface area contributed by atoms with Gasteiger partial charge < -0.3 is 0 Å². The Morgan fingerprint density at radius 3 is 2.71 bits per heavy atom. The molecule has 1 N–H and O–H groups in total. The lowest BCUT2D eigenvalue weighted by Crippen LogP contribution is -2.35. The number of nitrogens with one attached hydrogen (secondary N) is 1. The molecule has 0 amide bonds. The number of aromatic nitrogens is 1. The van der Waals surface area contributed by atoms with Crippen LogP contribution >= 0.6 is 11.3 Å². The standard InChI is InChI=1S/C10H13N3O2S2/c1-13(2)17(14,15)11-7-10-12-8-5-3-4-6-9(8)16-10/h3-6,11H,7H2,1-2H3. The number of nitrogens with zero attached hydrogens (tertiary/aromatic N) is 2. The zero-order valence-corrected chi connectivity index (χ0v) is 11.2. The van der Waals surface area contributed by atoms with Crippen molar-refractivity contribution in [2.45, 2.75) is 6.54 Å². The summed E-state index contributed by atoms with van der Waals surface area (Å²) in [5, 5.41) is 0.761. The molecule has 7 heteroatoms. The second-order valence-electron chi connectivity index (χ2n) is 3.68. The summed E-state index contributed by atoms with van der Waals surface area (Å²) in [6, 6.07) is 7.73. The third kappa shape index (κ3) is 2.81. The SMILES string of the molecule is CN(C)S(=O)(=O)NCc1nc2ccccc2s1. The molecule has 0 unspecified atom stereocenters. The molecular formula is C10H13N3O2S2. The number of hydrogen-bond donors (Lipinski definition) is 1. The number of para-hydroxylation sites is 1. The van der Waals surface area contributed by atoms with Gasteiger partial charge in [-0.3, -0.25) is 0 Å². The highest BCUT2D eigenvalue weighted by atomic mass is 32.2. The summed E-state index contributed by atoms with van der Waals surface area (Å²) in [4.78, 5) is 4.35. The summed E-state index contributed by atoms with van der Waals surface area (Å²) in [5.41, 5.74) is 0.900. The fourth-order valence-corrected chi connectivity index (χ4v) is 2.85. The van der Waals surface area contributed by atoms with Crippen LogP contribution in [-0.4, -0.2) is 31.8 Å². The molecule has 0 aliphatic carbocycles. The molecule has 0 atom stereocenters. The van der Waals surface area contributed by atoms with Gasteiger partial charge in [-0.15, -0.1) is 11.3 Å². The van der Waals surface area contributed by atoms with E-state index in [2.05, 4.69) is 9.71 Å². The normalized spacial score (nSPS) is 12.4. The highest BCUT2D eigenvalue weighted by Gasteiger charge is 2.13. The number of hydrogen-bond acceptors (Lipinski definition) is 4. The van der Waals surface area contributed by atoms with Gasteiger partial charge in [0.2, 0.25) is 0 Å². The summed E-state index contributed by atoms with van der Waals surface area (Å²) < 4.78 is 27.7. The maximum absolute atomic E-state index is 11.5. The maximum atomic E-state index is 11.5. The predicted octanol–water partition coefficient (Wildman–Crippen LogP) is 1.19. The third-order valence-electron chi connectivity index (χ3n) is 2.22. The van der Waals surface area contributed by atoms with Crippen molar-refractivity contribution in [1.29, 1.82) is 0 Å². The molecule has 1 heterocycles. The van der Waals surface area contributed by atoms with Gasteiger partial charge in [0.25, 0.3) is 10.2 Å². The average molecular weight is 271 g/mol. The van der Waals surface area contributed by atoms with Gasteiger partial charge >= 0.3 is 0 Å². The van der Waals surface area contributed by atoms with Crippen molar-refractivity contribution >= 4 is 31.8 Å². The van der Waals surface area contributed by atoms with E-state index in [-0.39, 0.29) is 6.54 Å². The molecule has 92 valence electrons. The third-order valence-corrected chi connectivity index (χ3v) is 4.73. The van der Waals surface area contributed by atoms with Crippen LogP contribution in [-0.2, 0) is 16.8 Å². The summed E-state index contributed by atoms with van der Waals surface area (Å²) in [5.74, 6) is 0. The first-order valence-corrected chi connectivity index (χ1v) is 7.26. The van der Waals surface area contributed by atoms with Crippen molar-refractivity contribution < 1.29 is 8.42 Å². The van der Waals surface area contributed by atoms with Crippen LogP contribution in [0, 0.1) is 0 Å². The Morgan fingerprint density at radius 1 is 1.35 bits per heavy atom. The van der Waals surface area contributed by atoms with Crippen LogP contribution in [0.25, 0.3) is 10.2 Å². The molecule has 2 rings (SSSR count). The first kappa shape index (κ1) is 12.4. The van der Waals surface area contributed by atoms with Gasteiger partial charge in [-0.05, 0) is 12.1 Å². The lowest BCUT2D eigenvalue weighted by Gasteiger charge is -2.10. The fraction of sp³-hybridized carbons (Fsp3) is 0.300. The van der Waals surface area contributed by atoms with Gasteiger partial charge in [-0.1, -0.05) is 12.1 Å². The lowest BCUT2D eigenvalue weighted by molar-refractivity contribution is 0.505. The van der Waals surface area contributed by atoms with Crippen LogP contribution in [0.2, 0.25) is 0 Å². The van der Waals surface area contributed by atoms with E-state index in [9.17, 15) is 8.42 Å². The van der Waals surface area contributed by atoms with Crippen molar-refractivity contribution in [3.63, 3.8) is 0 Å².